The molecule has 0 N–H and O–H groups in total. The Morgan fingerprint density at radius 2 is 0.541 bits per heavy atom. The van der Waals surface area contributed by atoms with Crippen LogP contribution in [0.4, 0.5) is 34.1 Å². The van der Waals surface area contributed by atoms with E-state index in [2.05, 4.69) is 431 Å². The van der Waals surface area contributed by atoms with E-state index >= 15 is 0 Å². The van der Waals surface area contributed by atoms with Gasteiger partial charge in [-0.1, -0.05) is 327 Å². The van der Waals surface area contributed by atoms with Crippen LogP contribution in [0.5, 0.6) is 0 Å². The van der Waals surface area contributed by atoms with Crippen molar-refractivity contribution in [2.24, 2.45) is 0 Å². The minimum Gasteiger partial charge on any atom is -0.310 e. The van der Waals surface area contributed by atoms with Gasteiger partial charge in [0, 0.05) is 77.9 Å². The van der Waals surface area contributed by atoms with Crippen LogP contribution in [0.3, 0.4) is 0 Å². The Bertz CT molecular complexity index is 6010. The van der Waals surface area contributed by atoms with E-state index in [0.29, 0.717) is 0 Å². The SMILES string of the molecule is CC(C)(C)c1ccc(-c2cc3c4c(c2)N(c2c(-c5ccccc5)cc(-c5ccccc5)cc2-c2ccccc2)c2cc(-n5c6ccccc6c6ccccc65)ccc2B4c2ccc(-n4c5ccccc5c5ccccc54)cc2N3c2c(-c3ccccc3)cc(-c3ccccc3)cc2-c2ccccc2)c(C(C)(C)C)c1. The summed E-state index contributed by atoms with van der Waals surface area (Å²) in [5.74, 6) is 0. The molecule has 16 aromatic carbocycles. The fraction of sp³-hybridized carbons (Fsp3) is 0.0769. The molecule has 4 nitrogen and oxygen atoms in total. The summed E-state index contributed by atoms with van der Waals surface area (Å²) >= 11 is 0. The van der Waals surface area contributed by atoms with Crippen molar-refractivity contribution < 1.29 is 0 Å². The molecule has 2 aromatic heterocycles. The molecule has 0 radical (unpaired) electrons. The van der Waals surface area contributed by atoms with E-state index in [1.807, 2.05) is 0 Å². The lowest BCUT2D eigenvalue weighted by Crippen LogP contribution is -2.61. The summed E-state index contributed by atoms with van der Waals surface area (Å²) in [5.41, 5.74) is 35.1. The van der Waals surface area contributed by atoms with Gasteiger partial charge in [0.2, 0.25) is 0 Å². The van der Waals surface area contributed by atoms with Gasteiger partial charge in [-0.05, 0) is 179 Å². The topological polar surface area (TPSA) is 16.3 Å². The molecule has 0 bridgehead atoms. The van der Waals surface area contributed by atoms with Gasteiger partial charge in [-0.15, -0.1) is 0 Å². The van der Waals surface area contributed by atoms with Crippen LogP contribution < -0.4 is 26.2 Å². The Kier molecular flexibility index (Phi) is 15.5. The standard InChI is InChI=1S/C104H79BN4/c1-103(2,3)77-53-56-80(89(65-77)104(4,5)6)76-63-98-100-99(64-76)109(102-87(72-41-21-11-22-42-72)61-75(69-35-15-8-16-36-69)62-88(102)73-43-23-12-24-44-73)97-67-79(107-94-51-31-27-47-83(94)84-48-28-32-52-95(84)107)55-58-91(97)105(100)90-57-54-78(106-92-49-29-25-45-81(92)82-46-26-30-50-93(82)106)66-96(90)108(98)101-85(70-37-17-9-18-38-70)59-74(68-33-13-7-14-34-68)60-86(101)71-39-19-10-20-40-71/h7-67H,1-6H3. The number of nitrogens with zero attached hydrogens (tertiary/aromatic N) is 4. The summed E-state index contributed by atoms with van der Waals surface area (Å²) in [5, 5.41) is 4.87. The first-order valence-corrected chi connectivity index (χ1v) is 38.3. The largest absolute Gasteiger partial charge is 0.310 e. The van der Waals surface area contributed by atoms with Gasteiger partial charge in [-0.25, -0.2) is 0 Å². The predicted octanol–water partition coefficient (Wildman–Crippen LogP) is 26.2. The van der Waals surface area contributed by atoms with E-state index < -0.39 is 0 Å². The minimum absolute atomic E-state index is 0.113. The molecule has 109 heavy (non-hydrogen) atoms. The Morgan fingerprint density at radius 3 is 0.862 bits per heavy atom. The monoisotopic (exact) mass is 1390 g/mol. The lowest BCUT2D eigenvalue weighted by molar-refractivity contribution is 0.570. The molecular weight excluding hydrogens is 1320 g/mol. The number of para-hydroxylation sites is 4. The molecule has 0 atom stereocenters. The van der Waals surface area contributed by atoms with Gasteiger partial charge in [0.25, 0.3) is 6.71 Å². The second-order valence-electron chi connectivity index (χ2n) is 31.6. The van der Waals surface area contributed by atoms with Crippen LogP contribution in [0.1, 0.15) is 52.7 Å². The summed E-state index contributed by atoms with van der Waals surface area (Å²) in [4.78, 5) is 5.46. The van der Waals surface area contributed by atoms with Crippen molar-refractivity contribution in [3.8, 4) is 89.3 Å². The lowest BCUT2D eigenvalue weighted by atomic mass is 9.33. The fourth-order valence-corrected chi connectivity index (χ4v) is 17.9. The molecule has 0 aliphatic carbocycles. The minimum atomic E-state index is -0.297. The highest BCUT2D eigenvalue weighted by Crippen LogP contribution is 2.56. The smallest absolute Gasteiger partial charge is 0.252 e. The maximum Gasteiger partial charge on any atom is 0.252 e. The van der Waals surface area contributed by atoms with Gasteiger partial charge < -0.3 is 18.9 Å². The molecule has 20 rings (SSSR count). The molecule has 0 spiro atoms. The van der Waals surface area contributed by atoms with Crippen LogP contribution in [-0.4, -0.2) is 15.8 Å². The highest BCUT2D eigenvalue weighted by Gasteiger charge is 2.46. The van der Waals surface area contributed by atoms with Crippen molar-refractivity contribution in [3.05, 3.63) is 381 Å². The van der Waals surface area contributed by atoms with Crippen LogP contribution in [0.25, 0.3) is 133 Å². The third kappa shape index (κ3) is 10.9. The maximum absolute atomic E-state index is 2.73. The Labute approximate surface area is 638 Å². The first-order valence-electron chi connectivity index (χ1n) is 38.3. The van der Waals surface area contributed by atoms with E-state index in [1.54, 1.807) is 0 Å². The van der Waals surface area contributed by atoms with E-state index in [0.717, 1.165) is 140 Å². The van der Waals surface area contributed by atoms with E-state index in [1.165, 1.54) is 54.6 Å². The van der Waals surface area contributed by atoms with Crippen molar-refractivity contribution in [2.45, 2.75) is 52.4 Å². The highest BCUT2D eigenvalue weighted by atomic mass is 15.2. The summed E-state index contributed by atoms with van der Waals surface area (Å²) in [7, 11) is 0. The number of rotatable bonds is 11. The molecule has 0 fully saturated rings. The predicted molar refractivity (Wildman–Crippen MR) is 465 cm³/mol. The summed E-state index contributed by atoms with van der Waals surface area (Å²) in [6.45, 7) is 13.9. The fourth-order valence-electron chi connectivity index (χ4n) is 17.9. The quantitative estimate of drug-likeness (QED) is 0.120. The average Bonchev–Trinajstić information content (AvgIpc) is 0.918. The van der Waals surface area contributed by atoms with Gasteiger partial charge in [-0.3, -0.25) is 0 Å². The van der Waals surface area contributed by atoms with Crippen LogP contribution in [0, 0.1) is 0 Å². The summed E-state index contributed by atoms with van der Waals surface area (Å²) in [6.07, 6.45) is 0. The van der Waals surface area contributed by atoms with Crippen molar-refractivity contribution >= 4 is 101 Å². The van der Waals surface area contributed by atoms with Crippen LogP contribution >= 0.6 is 0 Å². The van der Waals surface area contributed by atoms with Gasteiger partial charge in [0.05, 0.1) is 33.4 Å². The second kappa shape index (κ2) is 25.8. The average molecular weight is 1400 g/mol. The Hall–Kier alpha value is -13.2. The number of aromatic nitrogens is 2. The summed E-state index contributed by atoms with van der Waals surface area (Å²) in [6, 6.07) is 140. The zero-order valence-corrected chi connectivity index (χ0v) is 62.1. The molecule has 2 aliphatic heterocycles. The zero-order chi connectivity index (χ0) is 73.2. The first-order chi connectivity index (χ1) is 53.4. The third-order valence-corrected chi connectivity index (χ3v) is 22.9. The van der Waals surface area contributed by atoms with Gasteiger partial charge in [0.15, 0.2) is 0 Å². The number of anilines is 6. The van der Waals surface area contributed by atoms with Gasteiger partial charge >= 0.3 is 0 Å². The highest BCUT2D eigenvalue weighted by molar-refractivity contribution is 7.00. The maximum atomic E-state index is 2.73. The van der Waals surface area contributed by atoms with Crippen molar-refractivity contribution in [1.29, 1.82) is 0 Å². The molecular formula is C104H79BN4. The molecule has 518 valence electrons. The van der Waals surface area contributed by atoms with Crippen LogP contribution in [-0.2, 0) is 10.8 Å². The molecule has 5 heteroatoms. The van der Waals surface area contributed by atoms with Gasteiger partial charge in [0.1, 0.15) is 0 Å². The number of hydrogen-bond acceptors (Lipinski definition) is 2. The van der Waals surface area contributed by atoms with Gasteiger partial charge in [-0.2, -0.15) is 0 Å². The molecule has 0 unspecified atom stereocenters. The van der Waals surface area contributed by atoms with Crippen LogP contribution in [0.15, 0.2) is 370 Å². The van der Waals surface area contributed by atoms with Crippen molar-refractivity contribution in [1.82, 2.24) is 9.13 Å². The number of hydrogen-bond donors (Lipinski definition) is 0. The Morgan fingerprint density at radius 1 is 0.229 bits per heavy atom. The normalized spacial score (nSPS) is 12.6. The van der Waals surface area contributed by atoms with E-state index in [4.69, 9.17) is 0 Å². The third-order valence-electron chi connectivity index (χ3n) is 22.9. The molecule has 0 saturated heterocycles. The molecule has 18 aromatic rings. The Balaban J connectivity index is 1.00. The number of benzene rings is 16. The van der Waals surface area contributed by atoms with Crippen LogP contribution in [0.2, 0.25) is 0 Å². The second-order valence-corrected chi connectivity index (χ2v) is 31.6. The van der Waals surface area contributed by atoms with E-state index in [-0.39, 0.29) is 17.5 Å². The first kappa shape index (κ1) is 65.3. The van der Waals surface area contributed by atoms with Crippen molar-refractivity contribution in [3.63, 3.8) is 0 Å². The van der Waals surface area contributed by atoms with Crippen molar-refractivity contribution in [2.75, 3.05) is 9.80 Å². The molecule has 0 amide bonds. The lowest BCUT2D eigenvalue weighted by Gasteiger charge is -2.46. The molecule has 4 heterocycles. The molecule has 0 saturated carbocycles. The van der Waals surface area contributed by atoms with E-state index in [9.17, 15) is 0 Å². The summed E-state index contributed by atoms with van der Waals surface area (Å²) < 4.78 is 5.01. The zero-order valence-electron chi connectivity index (χ0n) is 62.1. The number of fused-ring (bicyclic) bond motifs is 10. The molecule has 2 aliphatic rings.